The maximum absolute atomic E-state index is 11.7. The fourth-order valence-corrected chi connectivity index (χ4v) is 1.60. The molecule has 2 aromatic rings. The van der Waals surface area contributed by atoms with Crippen LogP contribution < -0.4 is 11.0 Å². The molecule has 8 nitrogen and oxygen atoms in total. The van der Waals surface area contributed by atoms with Crippen molar-refractivity contribution in [2.45, 2.75) is 6.92 Å². The van der Waals surface area contributed by atoms with Gasteiger partial charge in [-0.1, -0.05) is 0 Å². The molecule has 1 aromatic carbocycles. The number of anilines is 1. The molecule has 0 spiro atoms. The topological polar surface area (TPSA) is 134 Å². The van der Waals surface area contributed by atoms with Crippen LogP contribution in [0.5, 0.6) is 0 Å². The van der Waals surface area contributed by atoms with Crippen molar-refractivity contribution < 1.29 is 9.90 Å². The maximum Gasteiger partial charge on any atom is 0.323 e. The number of hydrogen-bond acceptors (Lipinski definition) is 5. The van der Waals surface area contributed by atoms with Crippen molar-refractivity contribution in [2.75, 3.05) is 5.32 Å². The Labute approximate surface area is 106 Å². The van der Waals surface area contributed by atoms with E-state index in [4.69, 9.17) is 5.53 Å². The summed E-state index contributed by atoms with van der Waals surface area (Å²) in [4.78, 5) is 27.9. The lowest BCUT2D eigenvalue weighted by atomic mass is 10.2. The molecule has 0 radical (unpaired) electrons. The van der Waals surface area contributed by atoms with Crippen molar-refractivity contribution in [3.63, 3.8) is 0 Å². The van der Waals surface area contributed by atoms with Crippen LogP contribution in [0.4, 0.5) is 5.69 Å². The van der Waals surface area contributed by atoms with Crippen LogP contribution in [0.2, 0.25) is 0 Å². The molecule has 2 rings (SSSR count). The number of nitrogens with zero attached hydrogens (tertiary/aromatic N) is 1. The molecule has 8 heteroatoms. The summed E-state index contributed by atoms with van der Waals surface area (Å²) in [5.41, 5.74) is 7.67. The molecule has 0 unspecified atom stereocenters. The van der Waals surface area contributed by atoms with Gasteiger partial charge < -0.3 is 20.4 Å². The van der Waals surface area contributed by atoms with E-state index in [1.807, 2.05) is 0 Å². The summed E-state index contributed by atoms with van der Waals surface area (Å²) < 4.78 is 0. The molecule has 1 amide bonds. The molecule has 0 atom stereocenters. The van der Waals surface area contributed by atoms with Crippen LogP contribution in [-0.2, 0) is 4.79 Å². The number of fused-ring (bicyclic) bond motifs is 1. The minimum atomic E-state index is -0.702. The average molecular weight is 261 g/mol. The van der Waals surface area contributed by atoms with Gasteiger partial charge >= 0.3 is 5.69 Å². The lowest BCUT2D eigenvalue weighted by molar-refractivity contribution is -0.113. The summed E-state index contributed by atoms with van der Waals surface area (Å²) in [7, 11) is 0. The Balaban J connectivity index is 2.31. The zero-order valence-corrected chi connectivity index (χ0v) is 9.94. The largest absolute Gasteiger partial charge is 0.510 e. The molecule has 5 N–H and O–H groups in total. The van der Waals surface area contributed by atoms with E-state index in [0.29, 0.717) is 16.7 Å². The fourth-order valence-electron chi connectivity index (χ4n) is 1.60. The normalized spacial score (nSPS) is 12.1. The van der Waals surface area contributed by atoms with Crippen LogP contribution in [-0.4, -0.2) is 21.0 Å². The number of carbonyl (C=O) groups is 1. The highest BCUT2D eigenvalue weighted by atomic mass is 16.3. The Bertz CT molecular complexity index is 736. The highest BCUT2D eigenvalue weighted by Crippen LogP contribution is 2.16. The summed E-state index contributed by atoms with van der Waals surface area (Å²) in [5.74, 6) is -1.05. The lowest BCUT2D eigenvalue weighted by Crippen LogP contribution is -2.14. The molecule has 0 saturated carbocycles. The van der Waals surface area contributed by atoms with Gasteiger partial charge in [0.2, 0.25) is 0 Å². The summed E-state index contributed by atoms with van der Waals surface area (Å²) in [5, 5.41) is 14.6. The molecular weight excluding hydrogens is 250 g/mol. The van der Waals surface area contributed by atoms with E-state index in [0.717, 1.165) is 0 Å². The number of carbonyl (C=O) groups excluding carboxylic acids is 1. The van der Waals surface area contributed by atoms with Crippen molar-refractivity contribution in [1.29, 1.82) is 5.53 Å². The first-order valence-corrected chi connectivity index (χ1v) is 5.32. The summed E-state index contributed by atoms with van der Waals surface area (Å²) in [6, 6.07) is 4.76. The highest BCUT2D eigenvalue weighted by molar-refractivity contribution is 6.04. The van der Waals surface area contributed by atoms with Gasteiger partial charge in [-0.25, -0.2) is 10.3 Å². The van der Waals surface area contributed by atoms with Crippen molar-refractivity contribution >= 4 is 22.6 Å². The van der Waals surface area contributed by atoms with Crippen LogP contribution in [0.25, 0.3) is 11.0 Å². The molecule has 0 aliphatic rings. The van der Waals surface area contributed by atoms with Crippen molar-refractivity contribution in [3.05, 3.63) is 40.1 Å². The van der Waals surface area contributed by atoms with Gasteiger partial charge in [-0.05, 0) is 25.1 Å². The molecule has 98 valence electrons. The van der Waals surface area contributed by atoms with E-state index >= 15 is 0 Å². The SMILES string of the molecule is C/C(O)=C(\N=N)C(=O)Nc1ccc2[nH]c(=O)[nH]c2c1. The third kappa shape index (κ3) is 2.51. The summed E-state index contributed by atoms with van der Waals surface area (Å²) in [6.45, 7) is 1.26. The number of aromatic nitrogens is 2. The molecule has 1 aromatic heterocycles. The number of allylic oxidation sites excluding steroid dienone is 1. The lowest BCUT2D eigenvalue weighted by Gasteiger charge is -2.05. The summed E-state index contributed by atoms with van der Waals surface area (Å²) in [6.07, 6.45) is 0. The van der Waals surface area contributed by atoms with Gasteiger partial charge in [-0.3, -0.25) is 4.79 Å². The number of aliphatic hydroxyl groups is 1. The van der Waals surface area contributed by atoms with Crippen molar-refractivity contribution in [2.24, 2.45) is 5.11 Å². The maximum atomic E-state index is 11.7. The Morgan fingerprint density at radius 2 is 2.05 bits per heavy atom. The van der Waals surface area contributed by atoms with Gasteiger partial charge in [0.15, 0.2) is 5.70 Å². The third-order valence-electron chi connectivity index (χ3n) is 2.44. The number of H-pyrrole nitrogens is 2. The Kier molecular flexibility index (Phi) is 3.15. The second-order valence-electron chi connectivity index (χ2n) is 3.84. The number of imidazole rings is 1. The minimum Gasteiger partial charge on any atom is -0.510 e. The number of hydrogen-bond donors (Lipinski definition) is 5. The highest BCUT2D eigenvalue weighted by Gasteiger charge is 2.13. The van der Waals surface area contributed by atoms with Crippen molar-refractivity contribution in [3.8, 4) is 0 Å². The Morgan fingerprint density at radius 3 is 2.68 bits per heavy atom. The fraction of sp³-hybridized carbons (Fsp3) is 0.0909. The number of aromatic amines is 2. The molecule has 0 bridgehead atoms. The van der Waals surface area contributed by atoms with E-state index in [-0.39, 0.29) is 17.1 Å². The van der Waals surface area contributed by atoms with Gasteiger partial charge in [-0.15, -0.1) is 5.11 Å². The van der Waals surface area contributed by atoms with Crippen LogP contribution in [0.15, 0.2) is 39.6 Å². The quantitative estimate of drug-likeness (QED) is 0.326. The predicted octanol–water partition coefficient (Wildman–Crippen LogP) is 1.62. The van der Waals surface area contributed by atoms with Crippen molar-refractivity contribution in [1.82, 2.24) is 9.97 Å². The Morgan fingerprint density at radius 1 is 1.37 bits per heavy atom. The van der Waals surface area contributed by atoms with Crippen LogP contribution in [0, 0.1) is 5.53 Å². The van der Waals surface area contributed by atoms with Crippen LogP contribution in [0.3, 0.4) is 0 Å². The second kappa shape index (κ2) is 4.77. The molecular formula is C11H11N5O3. The molecule has 0 aliphatic heterocycles. The van der Waals surface area contributed by atoms with Gasteiger partial charge in [0.25, 0.3) is 5.91 Å². The molecule has 0 fully saturated rings. The van der Waals surface area contributed by atoms with Crippen LogP contribution in [0.1, 0.15) is 6.92 Å². The molecule has 1 heterocycles. The predicted molar refractivity (Wildman–Crippen MR) is 68.0 cm³/mol. The third-order valence-corrected chi connectivity index (χ3v) is 2.44. The smallest absolute Gasteiger partial charge is 0.323 e. The molecule has 19 heavy (non-hydrogen) atoms. The first-order valence-electron chi connectivity index (χ1n) is 5.32. The van der Waals surface area contributed by atoms with E-state index < -0.39 is 5.91 Å². The molecule has 0 aliphatic carbocycles. The molecule has 0 saturated heterocycles. The standard InChI is InChI=1S/C11H11N5O3/c1-5(17)9(16-12)10(18)13-6-2-3-7-8(4-6)15-11(19)14-7/h2-4,12,17H,1H3,(H,13,18)(H2,14,15,19)/b9-5+,16-12?. The van der Waals surface area contributed by atoms with Gasteiger partial charge in [0, 0.05) is 5.69 Å². The number of rotatable bonds is 3. The number of aliphatic hydroxyl groups excluding tert-OH is 1. The zero-order valence-electron chi connectivity index (χ0n) is 9.94. The van der Waals surface area contributed by atoms with E-state index in [2.05, 4.69) is 20.4 Å². The first-order chi connectivity index (χ1) is 9.01. The summed E-state index contributed by atoms with van der Waals surface area (Å²) >= 11 is 0. The van der Waals surface area contributed by atoms with Gasteiger partial charge in [-0.2, -0.15) is 0 Å². The number of benzene rings is 1. The van der Waals surface area contributed by atoms with E-state index in [9.17, 15) is 14.7 Å². The number of amides is 1. The van der Waals surface area contributed by atoms with Gasteiger partial charge in [0.05, 0.1) is 11.0 Å². The number of nitrogens with one attached hydrogen (secondary N) is 4. The average Bonchev–Trinajstić information content (AvgIpc) is 2.68. The first kappa shape index (κ1) is 12.6. The van der Waals surface area contributed by atoms with E-state index in [1.165, 1.54) is 6.92 Å². The van der Waals surface area contributed by atoms with E-state index in [1.54, 1.807) is 18.2 Å². The Hall–Kier alpha value is -2.90. The zero-order chi connectivity index (χ0) is 14.0. The van der Waals surface area contributed by atoms with Gasteiger partial charge in [0.1, 0.15) is 5.76 Å². The second-order valence-corrected chi connectivity index (χ2v) is 3.84. The van der Waals surface area contributed by atoms with Crippen LogP contribution >= 0.6 is 0 Å². The monoisotopic (exact) mass is 261 g/mol. The minimum absolute atomic E-state index is 0.341.